The van der Waals surface area contributed by atoms with Gasteiger partial charge in [-0.05, 0) is 90.8 Å². The summed E-state index contributed by atoms with van der Waals surface area (Å²) >= 11 is 0. The number of halogens is 1. The average Bonchev–Trinajstić information content (AvgIpc) is 3.04. The molecule has 0 bridgehead atoms. The third kappa shape index (κ3) is 10.9. The highest BCUT2D eigenvalue weighted by atomic mass is 19.1. The zero-order valence-electron chi connectivity index (χ0n) is 28.9. The molecule has 0 atom stereocenters. The van der Waals surface area contributed by atoms with Crippen LogP contribution in [0.5, 0.6) is 5.75 Å². The van der Waals surface area contributed by atoms with Gasteiger partial charge in [0.2, 0.25) is 0 Å². The second kappa shape index (κ2) is 17.3. The normalized spacial score (nSPS) is 12.3. The number of hydrogen-bond acceptors (Lipinski definition) is 2. The Bertz CT molecular complexity index is 1360. The molecule has 0 saturated carbocycles. The SMILES string of the molecule is CCCCCC(=Cc1ccccc1)CN(CCCCOc1ccc(C(C)(C)CC)cc1C(C)(C)CC)C(=O)c1ccc(F)cc1. The van der Waals surface area contributed by atoms with Crippen LogP contribution in [-0.4, -0.2) is 30.5 Å². The van der Waals surface area contributed by atoms with Crippen molar-refractivity contribution >= 4 is 12.0 Å². The van der Waals surface area contributed by atoms with Gasteiger partial charge < -0.3 is 9.64 Å². The number of carbonyl (C=O) groups is 1. The van der Waals surface area contributed by atoms with Gasteiger partial charge in [0.05, 0.1) is 6.61 Å². The number of amides is 1. The van der Waals surface area contributed by atoms with Crippen LogP contribution in [0.25, 0.3) is 6.08 Å². The van der Waals surface area contributed by atoms with Crippen LogP contribution in [0.4, 0.5) is 4.39 Å². The Hall–Kier alpha value is -3.40. The molecule has 0 aliphatic carbocycles. The molecule has 0 aliphatic heterocycles. The van der Waals surface area contributed by atoms with E-state index in [4.69, 9.17) is 4.74 Å². The van der Waals surface area contributed by atoms with Gasteiger partial charge in [0, 0.05) is 24.2 Å². The molecule has 3 aromatic rings. The number of benzene rings is 3. The van der Waals surface area contributed by atoms with E-state index in [1.807, 2.05) is 23.1 Å². The van der Waals surface area contributed by atoms with E-state index < -0.39 is 0 Å². The fourth-order valence-corrected chi connectivity index (χ4v) is 5.44. The predicted octanol–water partition coefficient (Wildman–Crippen LogP) is 11.2. The lowest BCUT2D eigenvalue weighted by molar-refractivity contribution is 0.0764. The molecule has 0 unspecified atom stereocenters. The van der Waals surface area contributed by atoms with Gasteiger partial charge in [-0.2, -0.15) is 0 Å². The Kier molecular flexibility index (Phi) is 13.9. The molecule has 0 radical (unpaired) electrons. The molecule has 45 heavy (non-hydrogen) atoms. The summed E-state index contributed by atoms with van der Waals surface area (Å²) in [6, 6.07) is 22.9. The molecule has 0 aromatic heterocycles. The zero-order chi connectivity index (χ0) is 32.9. The Morgan fingerprint density at radius 2 is 1.51 bits per heavy atom. The molecule has 1 amide bonds. The number of ether oxygens (including phenoxy) is 1. The van der Waals surface area contributed by atoms with Gasteiger partial charge in [-0.15, -0.1) is 0 Å². The van der Waals surface area contributed by atoms with Gasteiger partial charge in [-0.25, -0.2) is 4.39 Å². The molecule has 0 fully saturated rings. The van der Waals surface area contributed by atoms with Crippen LogP contribution in [0, 0.1) is 5.82 Å². The predicted molar refractivity (Wildman–Crippen MR) is 189 cm³/mol. The summed E-state index contributed by atoms with van der Waals surface area (Å²) in [6.07, 6.45) is 10.3. The van der Waals surface area contributed by atoms with Crippen molar-refractivity contribution in [1.29, 1.82) is 0 Å². The van der Waals surface area contributed by atoms with Crippen molar-refractivity contribution < 1.29 is 13.9 Å². The zero-order valence-corrected chi connectivity index (χ0v) is 28.9. The van der Waals surface area contributed by atoms with Crippen LogP contribution in [0.3, 0.4) is 0 Å². The van der Waals surface area contributed by atoms with Crippen molar-refractivity contribution in [2.75, 3.05) is 19.7 Å². The maximum Gasteiger partial charge on any atom is 0.254 e. The molecule has 0 heterocycles. The van der Waals surface area contributed by atoms with E-state index >= 15 is 0 Å². The molecule has 3 aromatic carbocycles. The summed E-state index contributed by atoms with van der Waals surface area (Å²) in [6.45, 7) is 17.6. The van der Waals surface area contributed by atoms with Gasteiger partial charge in [0.25, 0.3) is 5.91 Å². The third-order valence-electron chi connectivity index (χ3n) is 9.38. The summed E-state index contributed by atoms with van der Waals surface area (Å²) in [5.74, 6) is 0.559. The lowest BCUT2D eigenvalue weighted by Gasteiger charge is -2.30. The van der Waals surface area contributed by atoms with Crippen molar-refractivity contribution in [1.82, 2.24) is 4.90 Å². The second-order valence-corrected chi connectivity index (χ2v) is 13.6. The quantitative estimate of drug-likeness (QED) is 0.134. The van der Waals surface area contributed by atoms with Gasteiger partial charge in [0.15, 0.2) is 0 Å². The monoisotopic (exact) mass is 613 g/mol. The van der Waals surface area contributed by atoms with Crippen LogP contribution < -0.4 is 4.74 Å². The molecule has 0 spiro atoms. The van der Waals surface area contributed by atoms with Crippen molar-refractivity contribution in [2.24, 2.45) is 0 Å². The number of hydrogen-bond donors (Lipinski definition) is 0. The van der Waals surface area contributed by atoms with Gasteiger partial charge in [-0.1, -0.05) is 115 Å². The highest BCUT2D eigenvalue weighted by Gasteiger charge is 2.26. The van der Waals surface area contributed by atoms with Crippen LogP contribution in [-0.2, 0) is 10.8 Å². The lowest BCUT2D eigenvalue weighted by Crippen LogP contribution is -2.34. The molecule has 3 nitrogen and oxygen atoms in total. The highest BCUT2D eigenvalue weighted by Crippen LogP contribution is 2.38. The number of unbranched alkanes of at least 4 members (excludes halogenated alkanes) is 3. The average molecular weight is 614 g/mol. The van der Waals surface area contributed by atoms with E-state index in [0.29, 0.717) is 25.3 Å². The molecule has 0 saturated heterocycles. The van der Waals surface area contributed by atoms with Gasteiger partial charge in [0.1, 0.15) is 11.6 Å². The van der Waals surface area contributed by atoms with Crippen molar-refractivity contribution in [3.63, 3.8) is 0 Å². The summed E-state index contributed by atoms with van der Waals surface area (Å²) in [5.41, 5.74) is 5.63. The minimum absolute atomic E-state index is 0.00675. The van der Waals surface area contributed by atoms with Crippen molar-refractivity contribution in [3.05, 3.63) is 106 Å². The Labute approximate surface area is 272 Å². The van der Waals surface area contributed by atoms with E-state index in [0.717, 1.165) is 62.7 Å². The third-order valence-corrected chi connectivity index (χ3v) is 9.38. The van der Waals surface area contributed by atoms with E-state index in [2.05, 4.69) is 84.9 Å². The first kappa shape index (κ1) is 36.1. The van der Waals surface area contributed by atoms with Gasteiger partial charge in [-0.3, -0.25) is 4.79 Å². The fraction of sp³-hybridized carbons (Fsp3) is 0.488. The largest absolute Gasteiger partial charge is 0.493 e. The molecular weight excluding hydrogens is 557 g/mol. The second-order valence-electron chi connectivity index (χ2n) is 13.6. The van der Waals surface area contributed by atoms with Crippen LogP contribution >= 0.6 is 0 Å². The van der Waals surface area contributed by atoms with Crippen molar-refractivity contribution in [3.8, 4) is 5.75 Å². The minimum Gasteiger partial charge on any atom is -0.493 e. The molecular formula is C41H56FNO2. The fourth-order valence-electron chi connectivity index (χ4n) is 5.44. The first-order valence-corrected chi connectivity index (χ1v) is 17.1. The van der Waals surface area contributed by atoms with Gasteiger partial charge >= 0.3 is 0 Å². The Morgan fingerprint density at radius 1 is 0.822 bits per heavy atom. The smallest absolute Gasteiger partial charge is 0.254 e. The summed E-state index contributed by atoms with van der Waals surface area (Å²) < 4.78 is 20.1. The maximum absolute atomic E-state index is 13.7. The van der Waals surface area contributed by atoms with Crippen LogP contribution in [0.15, 0.2) is 78.4 Å². The number of rotatable bonds is 18. The highest BCUT2D eigenvalue weighted by molar-refractivity contribution is 5.94. The standard InChI is InChI=1S/C41H56FNO2/c1-8-11-13-20-33(29-32-18-14-12-15-19-32)31-43(39(44)34-21-24-36(42)25-22-34)27-16-17-28-45-38-26-23-35(40(4,5)9-2)30-37(38)41(6,7)10-3/h12,14-15,18-19,21-26,29-30H,8-11,13,16-17,20,27-28,31H2,1-7H3. The van der Waals surface area contributed by atoms with E-state index in [9.17, 15) is 9.18 Å². The van der Waals surface area contributed by atoms with Crippen LogP contribution in [0.1, 0.15) is 127 Å². The first-order chi connectivity index (χ1) is 21.5. The minimum atomic E-state index is -0.337. The molecule has 0 N–H and O–H groups in total. The summed E-state index contributed by atoms with van der Waals surface area (Å²) in [7, 11) is 0. The Morgan fingerprint density at radius 3 is 2.16 bits per heavy atom. The summed E-state index contributed by atoms with van der Waals surface area (Å²) in [4.78, 5) is 15.7. The first-order valence-electron chi connectivity index (χ1n) is 17.1. The van der Waals surface area contributed by atoms with Crippen molar-refractivity contribution in [2.45, 2.75) is 111 Å². The molecule has 4 heteroatoms. The van der Waals surface area contributed by atoms with E-state index in [-0.39, 0.29) is 22.6 Å². The molecule has 0 aliphatic rings. The van der Waals surface area contributed by atoms with Crippen LogP contribution in [0.2, 0.25) is 0 Å². The summed E-state index contributed by atoms with van der Waals surface area (Å²) in [5, 5.41) is 0. The lowest BCUT2D eigenvalue weighted by atomic mass is 9.76. The number of carbonyl (C=O) groups excluding carboxylic acids is 1. The number of nitrogens with zero attached hydrogens (tertiary/aromatic N) is 1. The maximum atomic E-state index is 13.7. The Balaban J connectivity index is 1.75. The molecule has 244 valence electrons. The van der Waals surface area contributed by atoms with E-state index in [1.54, 1.807) is 12.1 Å². The molecule has 3 rings (SSSR count). The topological polar surface area (TPSA) is 29.5 Å². The van der Waals surface area contributed by atoms with E-state index in [1.165, 1.54) is 28.8 Å².